The van der Waals surface area contributed by atoms with Crippen LogP contribution in [-0.4, -0.2) is 11.8 Å². The highest BCUT2D eigenvalue weighted by atomic mass is 35.5. The third-order valence-corrected chi connectivity index (χ3v) is 4.43. The molecule has 0 saturated heterocycles. The number of anilines is 2. The van der Waals surface area contributed by atoms with Crippen molar-refractivity contribution in [2.45, 2.75) is 13.5 Å². The van der Waals surface area contributed by atoms with E-state index in [2.05, 4.69) is 10.6 Å². The standard InChI is InChI=1S/C24H21ClN2O3/c1-17(28)26-20-10-13-22(25)23(15-20)27-24(29)14-9-18-7-11-21(12-8-18)30-16-19-5-3-2-4-6-19/h2-15H,16H2,1H3,(H,26,28)(H,27,29)/b14-9+. The molecule has 2 N–H and O–H groups in total. The van der Waals surface area contributed by atoms with Gasteiger partial charge in [0.05, 0.1) is 10.7 Å². The van der Waals surface area contributed by atoms with Gasteiger partial charge in [-0.05, 0) is 47.5 Å². The van der Waals surface area contributed by atoms with Gasteiger partial charge >= 0.3 is 0 Å². The molecule has 0 aliphatic rings. The molecule has 0 atom stereocenters. The van der Waals surface area contributed by atoms with E-state index in [1.54, 1.807) is 24.3 Å². The van der Waals surface area contributed by atoms with Crippen LogP contribution in [-0.2, 0) is 16.2 Å². The fourth-order valence-electron chi connectivity index (χ4n) is 2.66. The SMILES string of the molecule is CC(=O)Nc1ccc(Cl)c(NC(=O)/C=C/c2ccc(OCc3ccccc3)cc2)c1. The molecule has 3 rings (SSSR count). The van der Waals surface area contributed by atoms with Crippen molar-refractivity contribution >= 4 is 40.9 Å². The van der Waals surface area contributed by atoms with Crippen LogP contribution in [0.5, 0.6) is 5.75 Å². The van der Waals surface area contributed by atoms with Crippen molar-refractivity contribution in [3.05, 3.63) is 95.0 Å². The first-order valence-electron chi connectivity index (χ1n) is 9.32. The first kappa shape index (κ1) is 21.1. The van der Waals surface area contributed by atoms with Crippen molar-refractivity contribution in [2.24, 2.45) is 0 Å². The molecule has 3 aromatic carbocycles. The van der Waals surface area contributed by atoms with E-state index in [0.717, 1.165) is 16.9 Å². The summed E-state index contributed by atoms with van der Waals surface area (Å²) < 4.78 is 5.76. The molecular weight excluding hydrogens is 400 g/mol. The smallest absolute Gasteiger partial charge is 0.248 e. The first-order valence-corrected chi connectivity index (χ1v) is 9.70. The molecule has 0 aliphatic carbocycles. The summed E-state index contributed by atoms with van der Waals surface area (Å²) >= 11 is 6.12. The van der Waals surface area contributed by atoms with E-state index < -0.39 is 0 Å². The van der Waals surface area contributed by atoms with Gasteiger partial charge in [0.15, 0.2) is 0 Å². The third kappa shape index (κ3) is 6.50. The zero-order valence-electron chi connectivity index (χ0n) is 16.4. The van der Waals surface area contributed by atoms with Gasteiger partial charge in [-0.25, -0.2) is 0 Å². The number of nitrogens with one attached hydrogen (secondary N) is 2. The van der Waals surface area contributed by atoms with Gasteiger partial charge in [-0.1, -0.05) is 54.1 Å². The largest absolute Gasteiger partial charge is 0.489 e. The fourth-order valence-corrected chi connectivity index (χ4v) is 2.83. The number of halogens is 1. The summed E-state index contributed by atoms with van der Waals surface area (Å²) in [7, 11) is 0. The number of carbonyl (C=O) groups is 2. The maximum atomic E-state index is 12.2. The van der Waals surface area contributed by atoms with Gasteiger partial charge in [-0.2, -0.15) is 0 Å². The minimum Gasteiger partial charge on any atom is -0.489 e. The zero-order valence-corrected chi connectivity index (χ0v) is 17.1. The molecule has 6 heteroatoms. The number of ether oxygens (including phenoxy) is 1. The summed E-state index contributed by atoms with van der Waals surface area (Å²) in [6, 6.07) is 22.3. The lowest BCUT2D eigenvalue weighted by molar-refractivity contribution is -0.114. The van der Waals surface area contributed by atoms with Gasteiger partial charge in [0.2, 0.25) is 11.8 Å². The molecule has 0 saturated carbocycles. The molecule has 0 bridgehead atoms. The number of hydrogen-bond acceptors (Lipinski definition) is 3. The number of benzene rings is 3. The lowest BCUT2D eigenvalue weighted by atomic mass is 10.2. The average molecular weight is 421 g/mol. The summed E-state index contributed by atoms with van der Waals surface area (Å²) in [4.78, 5) is 23.4. The normalized spacial score (nSPS) is 10.6. The quantitative estimate of drug-likeness (QED) is 0.494. The van der Waals surface area contributed by atoms with E-state index in [1.165, 1.54) is 13.0 Å². The van der Waals surface area contributed by atoms with Crippen molar-refractivity contribution < 1.29 is 14.3 Å². The van der Waals surface area contributed by atoms with Gasteiger partial charge < -0.3 is 15.4 Å². The Balaban J connectivity index is 1.56. The van der Waals surface area contributed by atoms with Crippen LogP contribution in [0.2, 0.25) is 5.02 Å². The Bertz CT molecular complexity index is 1050. The second-order valence-electron chi connectivity index (χ2n) is 6.54. The van der Waals surface area contributed by atoms with Crippen molar-refractivity contribution in [1.29, 1.82) is 0 Å². The molecule has 0 unspecified atom stereocenters. The van der Waals surface area contributed by atoms with Crippen LogP contribution in [0.3, 0.4) is 0 Å². The van der Waals surface area contributed by atoms with Gasteiger partial charge in [-0.15, -0.1) is 0 Å². The molecule has 30 heavy (non-hydrogen) atoms. The van der Waals surface area contributed by atoms with E-state index in [-0.39, 0.29) is 11.8 Å². The minimum absolute atomic E-state index is 0.203. The maximum absolute atomic E-state index is 12.2. The highest BCUT2D eigenvalue weighted by molar-refractivity contribution is 6.34. The molecule has 152 valence electrons. The molecule has 0 heterocycles. The van der Waals surface area contributed by atoms with Crippen molar-refractivity contribution in [1.82, 2.24) is 0 Å². The number of hydrogen-bond donors (Lipinski definition) is 2. The molecule has 0 fully saturated rings. The second-order valence-corrected chi connectivity index (χ2v) is 6.95. The highest BCUT2D eigenvalue weighted by Gasteiger charge is 2.06. The van der Waals surface area contributed by atoms with Crippen LogP contribution in [0.15, 0.2) is 78.9 Å². The van der Waals surface area contributed by atoms with Crippen LogP contribution < -0.4 is 15.4 Å². The van der Waals surface area contributed by atoms with Crippen LogP contribution in [0, 0.1) is 0 Å². The molecule has 0 aliphatic heterocycles. The van der Waals surface area contributed by atoms with Crippen LogP contribution in [0.1, 0.15) is 18.1 Å². The summed E-state index contributed by atoms with van der Waals surface area (Å²) in [6.45, 7) is 1.91. The van der Waals surface area contributed by atoms with Crippen LogP contribution in [0.4, 0.5) is 11.4 Å². The summed E-state index contributed by atoms with van der Waals surface area (Å²) in [6.07, 6.45) is 3.11. The Labute approximate surface area is 180 Å². The predicted molar refractivity (Wildman–Crippen MR) is 121 cm³/mol. The number of rotatable bonds is 7. The summed E-state index contributed by atoms with van der Waals surface area (Å²) in [5, 5.41) is 5.74. The van der Waals surface area contributed by atoms with E-state index in [0.29, 0.717) is 23.0 Å². The van der Waals surface area contributed by atoms with Gasteiger partial charge in [-0.3, -0.25) is 9.59 Å². The fraction of sp³-hybridized carbons (Fsp3) is 0.0833. The van der Waals surface area contributed by atoms with Gasteiger partial charge in [0, 0.05) is 18.7 Å². The topological polar surface area (TPSA) is 67.4 Å². The van der Waals surface area contributed by atoms with E-state index >= 15 is 0 Å². The van der Waals surface area contributed by atoms with Gasteiger partial charge in [0.25, 0.3) is 0 Å². The van der Waals surface area contributed by atoms with Crippen molar-refractivity contribution in [3.8, 4) is 5.75 Å². The molecular formula is C24H21ClN2O3. The Morgan fingerprint density at radius 1 is 0.967 bits per heavy atom. The summed E-state index contributed by atoms with van der Waals surface area (Å²) in [5.74, 6) is 0.217. The average Bonchev–Trinajstić information content (AvgIpc) is 2.74. The van der Waals surface area contributed by atoms with Crippen LogP contribution >= 0.6 is 11.6 Å². The Hall–Kier alpha value is -3.57. The predicted octanol–water partition coefficient (Wildman–Crippen LogP) is 5.53. The highest BCUT2D eigenvalue weighted by Crippen LogP contribution is 2.25. The van der Waals surface area contributed by atoms with E-state index in [4.69, 9.17) is 16.3 Å². The molecule has 2 amide bonds. The monoisotopic (exact) mass is 420 g/mol. The Kier molecular flexibility index (Phi) is 7.24. The van der Waals surface area contributed by atoms with Crippen molar-refractivity contribution in [3.63, 3.8) is 0 Å². The molecule has 3 aromatic rings. The second kappa shape index (κ2) is 10.3. The molecule has 0 aromatic heterocycles. The molecule has 0 spiro atoms. The summed E-state index contributed by atoms with van der Waals surface area (Å²) in [5.41, 5.74) is 2.93. The lowest BCUT2D eigenvalue weighted by Crippen LogP contribution is -2.10. The first-order chi connectivity index (χ1) is 14.5. The van der Waals surface area contributed by atoms with Crippen LogP contribution in [0.25, 0.3) is 6.08 Å². The Morgan fingerprint density at radius 2 is 1.70 bits per heavy atom. The van der Waals surface area contributed by atoms with E-state index in [1.807, 2.05) is 54.6 Å². The number of amides is 2. The molecule has 5 nitrogen and oxygen atoms in total. The minimum atomic E-state index is -0.332. The van der Waals surface area contributed by atoms with Gasteiger partial charge in [0.1, 0.15) is 12.4 Å². The number of carbonyl (C=O) groups excluding carboxylic acids is 2. The van der Waals surface area contributed by atoms with E-state index in [9.17, 15) is 9.59 Å². The maximum Gasteiger partial charge on any atom is 0.248 e. The third-order valence-electron chi connectivity index (χ3n) is 4.10. The Morgan fingerprint density at radius 3 is 2.40 bits per heavy atom. The lowest BCUT2D eigenvalue weighted by Gasteiger charge is -2.08. The molecule has 0 radical (unpaired) electrons. The van der Waals surface area contributed by atoms with Crippen molar-refractivity contribution in [2.75, 3.05) is 10.6 Å². The zero-order chi connectivity index (χ0) is 21.3.